The first kappa shape index (κ1) is 28.9. The van der Waals surface area contributed by atoms with Gasteiger partial charge in [-0.2, -0.15) is 4.98 Å². The molecule has 0 aliphatic carbocycles. The minimum atomic E-state index is -1.56. The van der Waals surface area contributed by atoms with Crippen molar-refractivity contribution in [2.24, 2.45) is 12.2 Å². The van der Waals surface area contributed by atoms with Crippen LogP contribution in [0.25, 0.3) is 0 Å². The molecule has 2 aliphatic heterocycles. The number of hydrogen-bond donors (Lipinski definition) is 3. The summed E-state index contributed by atoms with van der Waals surface area (Å²) in [5.41, 5.74) is 3.77. The van der Waals surface area contributed by atoms with Crippen LogP contribution in [-0.4, -0.2) is 78.2 Å². The van der Waals surface area contributed by atoms with Crippen LogP contribution < -0.4 is 56.8 Å². The predicted octanol–water partition coefficient (Wildman–Crippen LogP) is -5.94. The summed E-state index contributed by atoms with van der Waals surface area (Å²) >= 11 is 3.35. The quantitative estimate of drug-likeness (QED) is 0.0668. The minimum absolute atomic E-state index is 0. The second-order valence-electron chi connectivity index (χ2n) is 7.28. The van der Waals surface area contributed by atoms with E-state index in [4.69, 9.17) is 10.6 Å². The van der Waals surface area contributed by atoms with Crippen molar-refractivity contribution < 1.29 is 53.9 Å². The van der Waals surface area contributed by atoms with Gasteiger partial charge in [0.2, 0.25) is 0 Å². The number of hydrogen-bond acceptors (Lipinski definition) is 14. The number of oxime groups is 1. The van der Waals surface area contributed by atoms with Crippen molar-refractivity contribution in [1.29, 1.82) is 0 Å². The summed E-state index contributed by atoms with van der Waals surface area (Å²) in [4.78, 5) is 74.0. The number of carboxylic acids is 1. The average Bonchev–Trinajstić information content (AvgIpc) is 3.27. The number of aromatic nitrogens is 4. The van der Waals surface area contributed by atoms with E-state index in [0.29, 0.717) is 5.57 Å². The van der Waals surface area contributed by atoms with E-state index < -0.39 is 40.3 Å². The van der Waals surface area contributed by atoms with Gasteiger partial charge in [-0.05, 0) is 5.57 Å². The molecule has 2 aromatic heterocycles. The monoisotopic (exact) mass is 576 g/mol. The van der Waals surface area contributed by atoms with E-state index in [9.17, 15) is 29.1 Å². The number of nitrogen functional groups attached to an aromatic ring is 1. The molecule has 0 spiro atoms. The summed E-state index contributed by atoms with van der Waals surface area (Å²) in [7, 11) is 2.72. The van der Waals surface area contributed by atoms with E-state index in [1.54, 1.807) is 0 Å². The molecule has 2 aliphatic rings. The number of β-lactam (4-membered cyclic amide) rings is 1. The summed E-state index contributed by atoms with van der Waals surface area (Å²) in [5.74, 6) is -2.68. The predicted molar refractivity (Wildman–Crippen MR) is 128 cm³/mol. The molecule has 4 N–H and O–H groups in total. The van der Waals surface area contributed by atoms with Crippen molar-refractivity contribution in [1.82, 2.24) is 30.0 Å². The fraction of sp³-hybridized carbons (Fsp3) is 0.333. The first-order valence-corrected chi connectivity index (χ1v) is 12.8. The fourth-order valence-electron chi connectivity index (χ4n) is 3.43. The van der Waals surface area contributed by atoms with Gasteiger partial charge in [0, 0.05) is 23.9 Å². The van der Waals surface area contributed by atoms with Crippen molar-refractivity contribution in [3.8, 4) is 0 Å². The molecule has 4 heterocycles. The number of aromatic amines is 1. The summed E-state index contributed by atoms with van der Waals surface area (Å²) in [6.07, 6.45) is 0. The fourth-order valence-corrected chi connectivity index (χ4v) is 6.38. The van der Waals surface area contributed by atoms with Crippen molar-refractivity contribution in [2.45, 2.75) is 16.6 Å². The zero-order valence-corrected chi connectivity index (χ0v) is 24.0. The largest absolute Gasteiger partial charge is 1.00 e. The Kier molecular flexibility index (Phi) is 9.24. The van der Waals surface area contributed by atoms with E-state index in [1.807, 2.05) is 0 Å². The Balaban J connectivity index is 0.00000380. The molecule has 2 unspecified atom stereocenters. The molecule has 0 bridgehead atoms. The molecule has 0 radical (unpaired) electrons. The molecule has 1 fully saturated rings. The maximum atomic E-state index is 12.9. The molecule has 2 aromatic rings. The summed E-state index contributed by atoms with van der Waals surface area (Å²) in [6.45, 7) is 0. The Morgan fingerprint density at radius 3 is 2.73 bits per heavy atom. The van der Waals surface area contributed by atoms with Crippen LogP contribution in [-0.2, 0) is 26.3 Å². The number of carbonyl (C=O) groups excluding carboxylic acids is 3. The number of nitrogens with one attached hydrogen (secondary N) is 2. The van der Waals surface area contributed by atoms with Gasteiger partial charge < -0.3 is 25.8 Å². The molecule has 15 nitrogen and oxygen atoms in total. The number of anilines is 1. The number of carbonyl (C=O) groups is 3. The number of aliphatic carboxylic acids is 1. The third-order valence-electron chi connectivity index (χ3n) is 5.01. The number of fused-ring (bicyclic) bond motifs is 1. The van der Waals surface area contributed by atoms with Crippen molar-refractivity contribution in [3.05, 3.63) is 43.1 Å². The zero-order valence-electron chi connectivity index (χ0n) is 19.5. The SMILES string of the molecule is CO/N=C(/C(=O)NC1C(=O)N2C(C(=O)[O-])=C(CSc3nc(=O)c(=O)[nH]n3C)CSC12)c1csc(N)n1.[Na+]. The van der Waals surface area contributed by atoms with E-state index >= 15 is 0 Å². The van der Waals surface area contributed by atoms with Gasteiger partial charge in [0.1, 0.15) is 24.2 Å². The number of nitrogens with two attached hydrogens (primary N) is 1. The van der Waals surface area contributed by atoms with Gasteiger partial charge in [-0.3, -0.25) is 33.9 Å². The molecular formula is C18H17N8NaO7S3. The number of thioether (sulfide) groups is 2. The summed E-state index contributed by atoms with van der Waals surface area (Å²) in [6, 6.07) is -1.02. The molecule has 37 heavy (non-hydrogen) atoms. The second-order valence-corrected chi connectivity index (χ2v) is 10.2. The topological polar surface area (TPSA) is 218 Å². The Morgan fingerprint density at radius 2 is 2.11 bits per heavy atom. The standard InChI is InChI=1S/C18H18N8O7S3.Na/c1-25-18(22-12(28)13(29)23-25)36-4-6-3-34-15-9(14(30)26(15)10(6)16(31)32)21-11(27)8(24-33-2)7-5-35-17(19)20-7;/h5,9,15H,3-4H2,1-2H3,(H2,19,20)(H,21,27)(H,23,29)(H,31,32);/q;+1/p-1/b24-8+;. The van der Waals surface area contributed by atoms with Crippen molar-refractivity contribution in [3.63, 3.8) is 0 Å². The van der Waals surface area contributed by atoms with Crippen molar-refractivity contribution in [2.75, 3.05) is 24.3 Å². The summed E-state index contributed by atoms with van der Waals surface area (Å²) < 4.78 is 1.24. The molecule has 2 atom stereocenters. The smallest absolute Gasteiger partial charge is 0.543 e. The van der Waals surface area contributed by atoms with Crippen LogP contribution in [0, 0.1) is 0 Å². The van der Waals surface area contributed by atoms with Crippen LogP contribution in [0.3, 0.4) is 0 Å². The number of H-pyrrole nitrogens is 1. The van der Waals surface area contributed by atoms with Gasteiger partial charge in [0.15, 0.2) is 16.0 Å². The molecular weight excluding hydrogens is 559 g/mol. The molecule has 19 heteroatoms. The summed E-state index contributed by atoms with van der Waals surface area (Å²) in [5, 5.41) is 21.6. The third-order valence-corrected chi connectivity index (χ3v) is 8.14. The van der Waals surface area contributed by atoms with E-state index in [1.165, 1.54) is 36.0 Å². The molecule has 190 valence electrons. The first-order valence-electron chi connectivity index (χ1n) is 9.94. The van der Waals surface area contributed by atoms with Gasteiger partial charge in [-0.1, -0.05) is 16.9 Å². The number of thiazole rings is 1. The molecule has 0 saturated carbocycles. The Morgan fingerprint density at radius 1 is 1.38 bits per heavy atom. The molecule has 1 saturated heterocycles. The minimum Gasteiger partial charge on any atom is -0.543 e. The maximum absolute atomic E-state index is 12.9. The van der Waals surface area contributed by atoms with E-state index in [-0.39, 0.29) is 68.5 Å². The molecule has 4 rings (SSSR count). The number of aryl methyl sites for hydroxylation is 1. The Bertz CT molecular complexity index is 1430. The van der Waals surface area contributed by atoms with E-state index in [0.717, 1.165) is 28.0 Å². The number of rotatable bonds is 8. The second kappa shape index (κ2) is 11.8. The zero-order chi connectivity index (χ0) is 26.1. The molecule has 2 amide bonds. The van der Waals surface area contributed by atoms with Crippen LogP contribution >= 0.6 is 34.9 Å². The van der Waals surface area contributed by atoms with Crippen LogP contribution in [0.5, 0.6) is 0 Å². The number of amides is 2. The van der Waals surface area contributed by atoms with Gasteiger partial charge >= 0.3 is 40.7 Å². The van der Waals surface area contributed by atoms with Gasteiger partial charge in [0.05, 0.1) is 11.7 Å². The third kappa shape index (κ3) is 5.78. The van der Waals surface area contributed by atoms with Crippen molar-refractivity contribution >= 4 is 63.5 Å². The van der Waals surface area contributed by atoms with Crippen LogP contribution in [0.1, 0.15) is 5.69 Å². The normalized spacial score (nSPS) is 19.0. The Labute approximate surface area is 242 Å². The van der Waals surface area contributed by atoms with Gasteiger partial charge in [-0.25, -0.2) is 4.98 Å². The van der Waals surface area contributed by atoms with Crippen LogP contribution in [0.4, 0.5) is 5.13 Å². The molecule has 0 aromatic carbocycles. The number of carboxylic acid groups (broad SMARTS) is 1. The Hall–Kier alpha value is -2.64. The average molecular weight is 577 g/mol. The van der Waals surface area contributed by atoms with Crippen LogP contribution in [0.15, 0.2) is 36.6 Å². The maximum Gasteiger partial charge on any atom is 1.00 e. The van der Waals surface area contributed by atoms with Gasteiger partial charge in [-0.15, -0.1) is 23.1 Å². The first-order chi connectivity index (χ1) is 17.1. The van der Waals surface area contributed by atoms with Crippen LogP contribution in [0.2, 0.25) is 0 Å². The number of nitrogens with zero attached hydrogens (tertiary/aromatic N) is 5. The van der Waals surface area contributed by atoms with E-state index in [2.05, 4.69) is 25.5 Å². The van der Waals surface area contributed by atoms with Gasteiger partial charge in [0.25, 0.3) is 11.8 Å².